The summed E-state index contributed by atoms with van der Waals surface area (Å²) in [4.78, 5) is 28.8. The molecule has 0 spiro atoms. The van der Waals surface area contributed by atoms with E-state index in [1.807, 2.05) is 30.0 Å². The normalized spacial score (nSPS) is 21.8. The first-order valence-electron chi connectivity index (χ1n) is 10.1. The lowest BCUT2D eigenvalue weighted by Gasteiger charge is -2.49. The van der Waals surface area contributed by atoms with Crippen LogP contribution in [0.25, 0.3) is 0 Å². The van der Waals surface area contributed by atoms with Gasteiger partial charge in [0, 0.05) is 18.7 Å². The van der Waals surface area contributed by atoms with Gasteiger partial charge < -0.3 is 15.6 Å². The highest BCUT2D eigenvalue weighted by Gasteiger charge is 2.47. The van der Waals surface area contributed by atoms with Gasteiger partial charge in [0.1, 0.15) is 17.3 Å². The van der Waals surface area contributed by atoms with Gasteiger partial charge in [0.05, 0.1) is 7.11 Å². The van der Waals surface area contributed by atoms with Crippen molar-refractivity contribution in [1.29, 1.82) is 0 Å². The van der Waals surface area contributed by atoms with Crippen LogP contribution >= 0.6 is 0 Å². The molecule has 7 heteroatoms. The summed E-state index contributed by atoms with van der Waals surface area (Å²) in [5.41, 5.74) is 6.84. The molecule has 2 saturated heterocycles. The Hall–Kier alpha value is -2.12. The van der Waals surface area contributed by atoms with Crippen LogP contribution in [0.15, 0.2) is 18.2 Å². The van der Waals surface area contributed by atoms with Crippen LogP contribution in [0.5, 0.6) is 5.75 Å². The van der Waals surface area contributed by atoms with Crippen LogP contribution in [0, 0.1) is 6.92 Å². The molecule has 1 atom stereocenters. The minimum atomic E-state index is -0.909. The second kappa shape index (κ2) is 8.49. The lowest BCUT2D eigenvalue weighted by Crippen LogP contribution is -2.63. The van der Waals surface area contributed by atoms with Crippen LogP contribution in [0.2, 0.25) is 0 Å². The van der Waals surface area contributed by atoms with Crippen molar-refractivity contribution in [3.8, 4) is 5.75 Å². The molecule has 3 rings (SSSR count). The molecule has 0 radical (unpaired) electrons. The van der Waals surface area contributed by atoms with Gasteiger partial charge in [-0.15, -0.1) is 0 Å². The summed E-state index contributed by atoms with van der Waals surface area (Å²) in [5.74, 6) is -0.622. The Balaban J connectivity index is 1.84. The molecular formula is C21H31N3O4. The van der Waals surface area contributed by atoms with Crippen molar-refractivity contribution < 1.29 is 19.4 Å². The van der Waals surface area contributed by atoms with Gasteiger partial charge >= 0.3 is 5.97 Å². The van der Waals surface area contributed by atoms with E-state index in [1.54, 1.807) is 7.11 Å². The fraction of sp³-hybridized carbons (Fsp3) is 0.619. The summed E-state index contributed by atoms with van der Waals surface area (Å²) >= 11 is 0. The van der Waals surface area contributed by atoms with E-state index in [2.05, 4.69) is 4.90 Å². The third-order valence-electron chi connectivity index (χ3n) is 6.32. The van der Waals surface area contributed by atoms with Crippen molar-refractivity contribution in [3.63, 3.8) is 0 Å². The van der Waals surface area contributed by atoms with E-state index in [0.717, 1.165) is 31.5 Å². The molecule has 3 N–H and O–H groups in total. The first kappa shape index (κ1) is 20.6. The molecule has 7 nitrogen and oxygen atoms in total. The summed E-state index contributed by atoms with van der Waals surface area (Å²) in [6, 6.07) is 4.79. The molecule has 0 saturated carbocycles. The van der Waals surface area contributed by atoms with Gasteiger partial charge in [-0.05, 0) is 51.8 Å². The summed E-state index contributed by atoms with van der Waals surface area (Å²) in [7, 11) is 1.55. The summed E-state index contributed by atoms with van der Waals surface area (Å²) in [6.45, 7) is 4.72. The number of nitrogens with zero attached hydrogens (tertiary/aromatic N) is 2. The molecule has 28 heavy (non-hydrogen) atoms. The minimum absolute atomic E-state index is 0.283. The topological polar surface area (TPSA) is 96.1 Å². The number of amides is 1. The van der Waals surface area contributed by atoms with Crippen LogP contribution in [0.3, 0.4) is 0 Å². The molecule has 1 unspecified atom stereocenters. The van der Waals surface area contributed by atoms with Crippen LogP contribution < -0.4 is 10.5 Å². The van der Waals surface area contributed by atoms with Crippen molar-refractivity contribution in [1.82, 2.24) is 9.80 Å². The predicted octanol–water partition coefficient (Wildman–Crippen LogP) is 1.94. The van der Waals surface area contributed by atoms with E-state index in [9.17, 15) is 14.7 Å². The number of carbonyl (C=O) groups is 2. The summed E-state index contributed by atoms with van der Waals surface area (Å²) in [5, 5.41) is 9.98. The fourth-order valence-corrected chi connectivity index (χ4v) is 4.75. The van der Waals surface area contributed by atoms with Crippen LogP contribution in [-0.4, -0.2) is 65.6 Å². The molecule has 0 bridgehead atoms. The van der Waals surface area contributed by atoms with Crippen molar-refractivity contribution in [2.24, 2.45) is 5.73 Å². The summed E-state index contributed by atoms with van der Waals surface area (Å²) < 4.78 is 5.42. The van der Waals surface area contributed by atoms with Gasteiger partial charge in [-0.2, -0.15) is 0 Å². The Morgan fingerprint density at radius 3 is 2.32 bits per heavy atom. The zero-order valence-electron chi connectivity index (χ0n) is 16.8. The quantitative estimate of drug-likeness (QED) is 0.772. The van der Waals surface area contributed by atoms with E-state index in [-0.39, 0.29) is 5.91 Å². The number of likely N-dealkylation sites (tertiary alicyclic amines) is 2. The number of carboxylic acids is 1. The molecule has 0 aromatic heterocycles. The molecule has 2 heterocycles. The van der Waals surface area contributed by atoms with Crippen molar-refractivity contribution in [3.05, 3.63) is 29.3 Å². The van der Waals surface area contributed by atoms with Gasteiger partial charge in [0.15, 0.2) is 0 Å². The van der Waals surface area contributed by atoms with E-state index >= 15 is 0 Å². The molecule has 2 aliphatic rings. The van der Waals surface area contributed by atoms with Crippen molar-refractivity contribution >= 4 is 11.9 Å². The number of aliphatic carboxylic acids is 1. The third kappa shape index (κ3) is 3.86. The van der Waals surface area contributed by atoms with Gasteiger partial charge in [-0.3, -0.25) is 19.4 Å². The molecule has 154 valence electrons. The number of aryl methyl sites for hydroxylation is 1. The number of primary amides is 1. The number of rotatable bonds is 6. The van der Waals surface area contributed by atoms with Crippen LogP contribution in [0.4, 0.5) is 0 Å². The first-order valence-corrected chi connectivity index (χ1v) is 10.1. The number of hydrogen-bond acceptors (Lipinski definition) is 5. The molecular weight excluding hydrogens is 358 g/mol. The number of nitrogens with two attached hydrogens (primary N) is 1. The first-order chi connectivity index (χ1) is 13.4. The highest BCUT2D eigenvalue weighted by atomic mass is 16.5. The molecule has 1 aromatic rings. The zero-order valence-corrected chi connectivity index (χ0v) is 16.8. The maximum atomic E-state index is 12.4. The molecule has 2 fully saturated rings. The number of piperidine rings is 2. The second-order valence-corrected chi connectivity index (χ2v) is 7.97. The minimum Gasteiger partial charge on any atom is -0.496 e. The number of carbonyl (C=O) groups excluding carboxylic acids is 1. The SMILES string of the molecule is COc1ccc(C)cc1C(C(=O)O)N1CCC(C(N)=O)(N2CCCCC2)CC1. The van der Waals surface area contributed by atoms with Crippen LogP contribution in [0.1, 0.15) is 49.3 Å². The Bertz CT molecular complexity index is 722. The van der Waals surface area contributed by atoms with Crippen LogP contribution in [-0.2, 0) is 9.59 Å². The average molecular weight is 389 g/mol. The predicted molar refractivity (Wildman–Crippen MR) is 106 cm³/mol. The Labute approximate surface area is 166 Å². The highest BCUT2D eigenvalue weighted by molar-refractivity contribution is 5.85. The lowest BCUT2D eigenvalue weighted by molar-refractivity contribution is -0.146. The van der Waals surface area contributed by atoms with Gasteiger partial charge in [0.25, 0.3) is 0 Å². The lowest BCUT2D eigenvalue weighted by atomic mass is 9.82. The van der Waals surface area contributed by atoms with Gasteiger partial charge in [-0.25, -0.2) is 0 Å². The third-order valence-corrected chi connectivity index (χ3v) is 6.32. The standard InChI is InChI=1S/C21H31N3O4/c1-15-6-7-17(28-2)16(14-15)18(19(25)26)23-12-8-21(9-13-23,20(22)27)24-10-4-3-5-11-24/h6-7,14,18H,3-5,8-13H2,1-2H3,(H2,22,27)(H,25,26). The molecule has 1 aromatic carbocycles. The molecule has 0 aliphatic carbocycles. The van der Waals surface area contributed by atoms with E-state index in [1.165, 1.54) is 6.42 Å². The molecule has 2 aliphatic heterocycles. The number of methoxy groups -OCH3 is 1. The Morgan fingerprint density at radius 1 is 1.14 bits per heavy atom. The number of hydrogen-bond donors (Lipinski definition) is 2. The number of ether oxygens (including phenoxy) is 1. The number of benzene rings is 1. The highest BCUT2D eigenvalue weighted by Crippen LogP contribution is 2.37. The average Bonchev–Trinajstić information content (AvgIpc) is 2.69. The molecule has 1 amide bonds. The van der Waals surface area contributed by atoms with E-state index in [4.69, 9.17) is 10.5 Å². The maximum Gasteiger partial charge on any atom is 0.325 e. The maximum absolute atomic E-state index is 12.4. The van der Waals surface area contributed by atoms with Crippen molar-refractivity contribution in [2.75, 3.05) is 33.3 Å². The fourth-order valence-electron chi connectivity index (χ4n) is 4.75. The van der Waals surface area contributed by atoms with Gasteiger partial charge in [-0.1, -0.05) is 24.1 Å². The zero-order chi connectivity index (χ0) is 20.3. The number of carboxylic acid groups (broad SMARTS) is 1. The van der Waals surface area contributed by atoms with Crippen molar-refractivity contribution in [2.45, 2.75) is 50.6 Å². The summed E-state index contributed by atoms with van der Waals surface area (Å²) in [6.07, 6.45) is 4.46. The Morgan fingerprint density at radius 2 is 1.79 bits per heavy atom. The largest absolute Gasteiger partial charge is 0.496 e. The second-order valence-electron chi connectivity index (χ2n) is 7.97. The van der Waals surface area contributed by atoms with E-state index in [0.29, 0.717) is 37.2 Å². The monoisotopic (exact) mass is 389 g/mol. The van der Waals surface area contributed by atoms with Gasteiger partial charge in [0.2, 0.25) is 5.91 Å². The smallest absolute Gasteiger partial charge is 0.325 e. The Kier molecular flexibility index (Phi) is 6.25. The van der Waals surface area contributed by atoms with E-state index < -0.39 is 17.6 Å².